The minimum atomic E-state index is -0.219. The number of amides is 1. The second-order valence-electron chi connectivity index (χ2n) is 6.37. The lowest BCUT2D eigenvalue weighted by atomic mass is 10.2. The van der Waals surface area contributed by atoms with Gasteiger partial charge in [0.2, 0.25) is 5.91 Å². The lowest BCUT2D eigenvalue weighted by Gasteiger charge is -2.11. The fourth-order valence-electron chi connectivity index (χ4n) is 2.67. The van der Waals surface area contributed by atoms with Crippen LogP contribution in [0.5, 0.6) is 17.2 Å². The van der Waals surface area contributed by atoms with E-state index in [0.29, 0.717) is 23.8 Å². The summed E-state index contributed by atoms with van der Waals surface area (Å²) in [6.07, 6.45) is 7.85. The van der Waals surface area contributed by atoms with Crippen molar-refractivity contribution in [2.24, 2.45) is 0 Å². The molecule has 0 spiro atoms. The third-order valence-corrected chi connectivity index (χ3v) is 4.21. The van der Waals surface area contributed by atoms with E-state index >= 15 is 0 Å². The maximum absolute atomic E-state index is 12.1. The number of methoxy groups -OCH3 is 2. The van der Waals surface area contributed by atoms with Crippen LogP contribution >= 0.6 is 0 Å². The SMILES string of the molecule is CCCCCCOc1ccc(/C=C/C(=O)Nc2cccc(OC)c2)cc1OC. The molecule has 150 valence electrons. The number of anilines is 1. The van der Waals surface area contributed by atoms with Gasteiger partial charge in [-0.25, -0.2) is 0 Å². The third kappa shape index (κ3) is 6.99. The van der Waals surface area contributed by atoms with Crippen molar-refractivity contribution >= 4 is 17.7 Å². The summed E-state index contributed by atoms with van der Waals surface area (Å²) in [5.41, 5.74) is 1.54. The number of nitrogens with one attached hydrogen (secondary N) is 1. The number of rotatable bonds is 11. The predicted octanol–water partition coefficient (Wildman–Crippen LogP) is 5.31. The van der Waals surface area contributed by atoms with Gasteiger partial charge in [-0.2, -0.15) is 0 Å². The van der Waals surface area contributed by atoms with Crippen LogP contribution in [-0.2, 0) is 4.79 Å². The summed E-state index contributed by atoms with van der Waals surface area (Å²) in [6, 6.07) is 12.9. The number of carbonyl (C=O) groups is 1. The second-order valence-corrected chi connectivity index (χ2v) is 6.37. The first kappa shape index (κ1) is 21.4. The van der Waals surface area contributed by atoms with Gasteiger partial charge in [0.25, 0.3) is 0 Å². The fourth-order valence-corrected chi connectivity index (χ4v) is 2.67. The Morgan fingerprint density at radius 1 is 1.00 bits per heavy atom. The first-order chi connectivity index (χ1) is 13.7. The lowest BCUT2D eigenvalue weighted by molar-refractivity contribution is -0.111. The molecule has 2 aromatic rings. The van der Waals surface area contributed by atoms with Crippen molar-refractivity contribution in [1.82, 2.24) is 0 Å². The molecule has 0 heterocycles. The molecule has 5 heteroatoms. The van der Waals surface area contributed by atoms with Crippen molar-refractivity contribution in [3.8, 4) is 17.2 Å². The smallest absolute Gasteiger partial charge is 0.248 e. The normalized spacial score (nSPS) is 10.7. The van der Waals surface area contributed by atoms with Crippen molar-refractivity contribution in [3.05, 3.63) is 54.1 Å². The minimum Gasteiger partial charge on any atom is -0.497 e. The Morgan fingerprint density at radius 2 is 1.86 bits per heavy atom. The van der Waals surface area contributed by atoms with E-state index in [2.05, 4.69) is 12.2 Å². The molecule has 2 aromatic carbocycles. The van der Waals surface area contributed by atoms with Crippen LogP contribution in [0, 0.1) is 0 Å². The molecule has 0 aromatic heterocycles. The Kier molecular flexibility index (Phi) is 8.92. The lowest BCUT2D eigenvalue weighted by Crippen LogP contribution is -2.07. The largest absolute Gasteiger partial charge is 0.497 e. The molecule has 0 aliphatic rings. The molecule has 0 atom stereocenters. The van der Waals surface area contributed by atoms with Crippen molar-refractivity contribution in [3.63, 3.8) is 0 Å². The highest BCUT2D eigenvalue weighted by molar-refractivity contribution is 6.02. The summed E-state index contributed by atoms with van der Waals surface area (Å²) in [5, 5.41) is 2.81. The number of hydrogen-bond donors (Lipinski definition) is 1. The Hall–Kier alpha value is -2.95. The number of hydrogen-bond acceptors (Lipinski definition) is 4. The zero-order chi connectivity index (χ0) is 20.2. The highest BCUT2D eigenvalue weighted by Crippen LogP contribution is 2.29. The van der Waals surface area contributed by atoms with Gasteiger partial charge in [0.05, 0.1) is 20.8 Å². The average molecular weight is 383 g/mol. The van der Waals surface area contributed by atoms with E-state index in [9.17, 15) is 4.79 Å². The van der Waals surface area contributed by atoms with E-state index in [1.807, 2.05) is 36.4 Å². The maximum atomic E-state index is 12.1. The van der Waals surface area contributed by atoms with Crippen LogP contribution in [0.3, 0.4) is 0 Å². The quantitative estimate of drug-likeness (QED) is 0.422. The van der Waals surface area contributed by atoms with Gasteiger partial charge in [0.15, 0.2) is 11.5 Å². The summed E-state index contributed by atoms with van der Waals surface area (Å²) in [4.78, 5) is 12.1. The van der Waals surface area contributed by atoms with Crippen molar-refractivity contribution in [2.45, 2.75) is 32.6 Å². The van der Waals surface area contributed by atoms with Crippen LogP contribution < -0.4 is 19.5 Å². The van der Waals surface area contributed by atoms with Gasteiger partial charge in [-0.3, -0.25) is 4.79 Å². The second kappa shape index (κ2) is 11.7. The Balaban J connectivity index is 1.94. The standard InChI is InChI=1S/C23H29NO4/c1-4-5-6-7-15-28-21-13-11-18(16-22(21)27-3)12-14-23(25)24-19-9-8-10-20(17-19)26-2/h8-14,16-17H,4-7,15H2,1-3H3,(H,24,25)/b14-12+. The van der Waals surface area contributed by atoms with Crippen LogP contribution in [-0.4, -0.2) is 26.7 Å². The van der Waals surface area contributed by atoms with E-state index in [1.165, 1.54) is 25.3 Å². The van der Waals surface area contributed by atoms with Crippen LogP contribution in [0.15, 0.2) is 48.5 Å². The molecule has 0 saturated carbocycles. The minimum absolute atomic E-state index is 0.219. The summed E-state index contributed by atoms with van der Waals surface area (Å²) in [6.45, 7) is 2.86. The molecule has 0 fully saturated rings. The Labute approximate surface area is 167 Å². The first-order valence-electron chi connectivity index (χ1n) is 9.60. The average Bonchev–Trinajstić information content (AvgIpc) is 2.72. The van der Waals surface area contributed by atoms with Crippen LogP contribution in [0.1, 0.15) is 38.2 Å². The van der Waals surface area contributed by atoms with E-state index in [4.69, 9.17) is 14.2 Å². The highest BCUT2D eigenvalue weighted by Gasteiger charge is 2.05. The number of unbranched alkanes of at least 4 members (excludes halogenated alkanes) is 3. The zero-order valence-electron chi connectivity index (χ0n) is 16.9. The molecular formula is C23H29NO4. The number of ether oxygens (including phenoxy) is 3. The summed E-state index contributed by atoms with van der Waals surface area (Å²) >= 11 is 0. The molecule has 0 bridgehead atoms. The van der Waals surface area contributed by atoms with Crippen molar-refractivity contribution in [1.29, 1.82) is 0 Å². The van der Waals surface area contributed by atoms with Gasteiger partial charge in [-0.1, -0.05) is 38.3 Å². The van der Waals surface area contributed by atoms with Crippen molar-refractivity contribution in [2.75, 3.05) is 26.1 Å². The van der Waals surface area contributed by atoms with Crippen LogP contribution in [0.2, 0.25) is 0 Å². The highest BCUT2D eigenvalue weighted by atomic mass is 16.5. The molecule has 0 aliphatic heterocycles. The molecule has 0 aliphatic carbocycles. The molecule has 1 N–H and O–H groups in total. The third-order valence-electron chi connectivity index (χ3n) is 4.21. The molecule has 0 radical (unpaired) electrons. The van der Waals surface area contributed by atoms with Gasteiger partial charge in [-0.15, -0.1) is 0 Å². The van der Waals surface area contributed by atoms with Gasteiger partial charge in [0.1, 0.15) is 5.75 Å². The van der Waals surface area contributed by atoms with E-state index < -0.39 is 0 Å². The van der Waals surface area contributed by atoms with Gasteiger partial charge in [-0.05, 0) is 42.3 Å². The topological polar surface area (TPSA) is 56.8 Å². The van der Waals surface area contributed by atoms with Gasteiger partial charge < -0.3 is 19.5 Å². The molecule has 0 saturated heterocycles. The molecule has 28 heavy (non-hydrogen) atoms. The van der Waals surface area contributed by atoms with Gasteiger partial charge >= 0.3 is 0 Å². The predicted molar refractivity (Wildman–Crippen MR) is 113 cm³/mol. The molecule has 2 rings (SSSR count). The molecule has 5 nitrogen and oxygen atoms in total. The molecule has 0 unspecified atom stereocenters. The number of benzene rings is 2. The first-order valence-corrected chi connectivity index (χ1v) is 9.60. The van der Waals surface area contributed by atoms with Crippen LogP contribution in [0.4, 0.5) is 5.69 Å². The van der Waals surface area contributed by atoms with E-state index in [-0.39, 0.29) is 5.91 Å². The fraction of sp³-hybridized carbons (Fsp3) is 0.348. The van der Waals surface area contributed by atoms with Crippen molar-refractivity contribution < 1.29 is 19.0 Å². The number of carbonyl (C=O) groups excluding carboxylic acids is 1. The zero-order valence-corrected chi connectivity index (χ0v) is 16.9. The van der Waals surface area contributed by atoms with E-state index in [1.54, 1.807) is 26.4 Å². The Morgan fingerprint density at radius 3 is 2.61 bits per heavy atom. The van der Waals surface area contributed by atoms with E-state index in [0.717, 1.165) is 17.7 Å². The molecule has 1 amide bonds. The summed E-state index contributed by atoms with van der Waals surface area (Å²) in [5.74, 6) is 1.85. The Bertz CT molecular complexity index is 786. The summed E-state index contributed by atoms with van der Waals surface area (Å²) in [7, 11) is 3.20. The van der Waals surface area contributed by atoms with Gasteiger partial charge in [0, 0.05) is 17.8 Å². The van der Waals surface area contributed by atoms with Crippen LogP contribution in [0.25, 0.3) is 6.08 Å². The summed E-state index contributed by atoms with van der Waals surface area (Å²) < 4.78 is 16.4. The monoisotopic (exact) mass is 383 g/mol. The molecular weight excluding hydrogens is 354 g/mol. The maximum Gasteiger partial charge on any atom is 0.248 e.